The highest BCUT2D eigenvalue weighted by Gasteiger charge is 2.35. The van der Waals surface area contributed by atoms with E-state index in [0.717, 1.165) is 19.3 Å². The van der Waals surface area contributed by atoms with Crippen molar-refractivity contribution in [2.24, 2.45) is 0 Å². The topological polar surface area (TPSA) is 29.1 Å². The van der Waals surface area contributed by atoms with Gasteiger partial charge in [0.25, 0.3) is 0 Å². The van der Waals surface area contributed by atoms with E-state index in [1.54, 1.807) is 0 Å². The lowest BCUT2D eigenvalue weighted by Crippen LogP contribution is -2.48. The first-order valence-corrected chi connectivity index (χ1v) is 7.10. The first kappa shape index (κ1) is 13.4. The lowest BCUT2D eigenvalue weighted by atomic mass is 9.88. The first-order valence-electron chi connectivity index (χ1n) is 6.56. The first-order chi connectivity index (χ1) is 8.63. The summed E-state index contributed by atoms with van der Waals surface area (Å²) in [7, 11) is 0. The molecule has 0 spiro atoms. The minimum atomic E-state index is -0.0697. The number of rotatable bonds is 4. The van der Waals surface area contributed by atoms with Crippen molar-refractivity contribution >= 4 is 17.5 Å². The van der Waals surface area contributed by atoms with Crippen LogP contribution in [-0.2, 0) is 11.2 Å². The van der Waals surface area contributed by atoms with E-state index in [2.05, 4.69) is 36.5 Å². The molecule has 0 aromatic heterocycles. The molecule has 1 aliphatic carbocycles. The number of hydrogen-bond acceptors (Lipinski definition) is 1. The summed E-state index contributed by atoms with van der Waals surface area (Å²) in [5.74, 6) is 0.00136. The zero-order valence-corrected chi connectivity index (χ0v) is 11.6. The monoisotopic (exact) mass is 265 g/mol. The Bertz CT molecular complexity index is 424. The van der Waals surface area contributed by atoms with Gasteiger partial charge in [-0.05, 0) is 31.7 Å². The molecule has 1 amide bonds. The number of hydrogen-bond donors (Lipinski definition) is 1. The lowest BCUT2D eigenvalue weighted by Gasteiger charge is -2.30. The highest BCUT2D eigenvalue weighted by molar-refractivity contribution is 6.27. The van der Waals surface area contributed by atoms with Crippen LogP contribution in [0.1, 0.15) is 36.8 Å². The van der Waals surface area contributed by atoms with Crippen molar-refractivity contribution in [1.29, 1.82) is 0 Å². The summed E-state index contributed by atoms with van der Waals surface area (Å²) in [5.41, 5.74) is 2.50. The summed E-state index contributed by atoms with van der Waals surface area (Å²) < 4.78 is 0. The molecule has 0 aliphatic heterocycles. The number of aryl methyl sites for hydroxylation is 1. The molecule has 1 fully saturated rings. The molecule has 0 unspecified atom stereocenters. The van der Waals surface area contributed by atoms with Crippen LogP contribution >= 0.6 is 11.6 Å². The van der Waals surface area contributed by atoms with Crippen molar-refractivity contribution in [1.82, 2.24) is 5.32 Å². The summed E-state index contributed by atoms with van der Waals surface area (Å²) >= 11 is 5.61. The highest BCUT2D eigenvalue weighted by atomic mass is 35.5. The third kappa shape index (κ3) is 3.26. The molecular formula is C15H20ClNO. The van der Waals surface area contributed by atoms with Crippen LogP contribution in [0, 0.1) is 6.92 Å². The molecule has 98 valence electrons. The predicted octanol–water partition coefficient (Wildman–Crippen LogP) is 3.21. The molecule has 1 aromatic rings. The Hall–Kier alpha value is -1.02. The summed E-state index contributed by atoms with van der Waals surface area (Å²) in [6.07, 6.45) is 5.41. The molecule has 1 aromatic carbocycles. The molecule has 3 heteroatoms. The molecule has 0 bridgehead atoms. The van der Waals surface area contributed by atoms with Crippen molar-refractivity contribution in [3.8, 4) is 0 Å². The fourth-order valence-corrected chi connectivity index (χ4v) is 3.01. The van der Waals surface area contributed by atoms with E-state index in [0.29, 0.717) is 0 Å². The van der Waals surface area contributed by atoms with Gasteiger partial charge in [0.05, 0.1) is 0 Å². The van der Waals surface area contributed by atoms with Gasteiger partial charge in [-0.15, -0.1) is 11.6 Å². The third-order valence-corrected chi connectivity index (χ3v) is 3.95. The second-order valence-corrected chi connectivity index (χ2v) is 5.60. The normalized spacial score (nSPS) is 17.7. The Morgan fingerprint density at radius 3 is 2.72 bits per heavy atom. The van der Waals surface area contributed by atoms with Gasteiger partial charge < -0.3 is 5.32 Å². The van der Waals surface area contributed by atoms with Gasteiger partial charge in [0.15, 0.2) is 0 Å². The Morgan fingerprint density at radius 1 is 1.39 bits per heavy atom. The van der Waals surface area contributed by atoms with Gasteiger partial charge in [-0.1, -0.05) is 42.7 Å². The predicted molar refractivity (Wildman–Crippen MR) is 74.9 cm³/mol. The Morgan fingerprint density at radius 2 is 2.11 bits per heavy atom. The smallest absolute Gasteiger partial charge is 0.235 e. The van der Waals surface area contributed by atoms with Gasteiger partial charge in [-0.25, -0.2) is 0 Å². The van der Waals surface area contributed by atoms with Gasteiger partial charge >= 0.3 is 0 Å². The Labute approximate surface area is 114 Å². The third-order valence-electron chi connectivity index (χ3n) is 3.71. The number of carbonyl (C=O) groups excluding carboxylic acids is 1. The molecule has 1 N–H and O–H groups in total. The standard InChI is InChI=1S/C15H20ClNO/c1-12-5-4-6-13(9-12)10-15(7-2-3-8-15)17-14(18)11-16/h4-6,9H,2-3,7-8,10-11H2,1H3,(H,17,18). The van der Waals surface area contributed by atoms with Gasteiger partial charge in [-0.2, -0.15) is 0 Å². The largest absolute Gasteiger partial charge is 0.349 e. The van der Waals surface area contributed by atoms with E-state index < -0.39 is 0 Å². The van der Waals surface area contributed by atoms with E-state index in [4.69, 9.17) is 11.6 Å². The summed E-state index contributed by atoms with van der Waals surface area (Å²) in [4.78, 5) is 11.6. The summed E-state index contributed by atoms with van der Waals surface area (Å²) in [5, 5.41) is 3.14. The molecule has 0 atom stereocenters. The summed E-state index contributed by atoms with van der Waals surface area (Å²) in [6.45, 7) is 2.10. The van der Waals surface area contributed by atoms with Gasteiger partial charge in [0.1, 0.15) is 5.88 Å². The van der Waals surface area contributed by atoms with E-state index in [9.17, 15) is 4.79 Å². The fourth-order valence-electron chi connectivity index (χ4n) is 2.94. The fraction of sp³-hybridized carbons (Fsp3) is 0.533. The number of amides is 1. The van der Waals surface area contributed by atoms with Crippen molar-refractivity contribution < 1.29 is 4.79 Å². The van der Waals surface area contributed by atoms with Crippen molar-refractivity contribution in [2.45, 2.75) is 44.6 Å². The Kier molecular flexibility index (Phi) is 4.28. The van der Waals surface area contributed by atoms with Crippen molar-refractivity contribution in [2.75, 3.05) is 5.88 Å². The Balaban J connectivity index is 2.13. The maximum absolute atomic E-state index is 11.6. The number of halogens is 1. The minimum Gasteiger partial charge on any atom is -0.349 e. The molecule has 0 saturated heterocycles. The van der Waals surface area contributed by atoms with Crippen LogP contribution < -0.4 is 5.32 Å². The van der Waals surface area contributed by atoms with E-state index in [1.807, 2.05) is 0 Å². The molecule has 18 heavy (non-hydrogen) atoms. The van der Waals surface area contributed by atoms with Gasteiger partial charge in [-0.3, -0.25) is 4.79 Å². The van der Waals surface area contributed by atoms with E-state index in [1.165, 1.54) is 24.0 Å². The molecule has 2 nitrogen and oxygen atoms in total. The number of alkyl halides is 1. The maximum Gasteiger partial charge on any atom is 0.235 e. The molecule has 1 saturated carbocycles. The average Bonchev–Trinajstić information content (AvgIpc) is 2.77. The van der Waals surface area contributed by atoms with E-state index >= 15 is 0 Å². The molecule has 1 aliphatic rings. The molecular weight excluding hydrogens is 246 g/mol. The average molecular weight is 266 g/mol. The molecule has 0 heterocycles. The number of nitrogens with one attached hydrogen (secondary N) is 1. The van der Waals surface area contributed by atoms with Crippen LogP contribution in [-0.4, -0.2) is 17.3 Å². The summed E-state index contributed by atoms with van der Waals surface area (Å²) in [6, 6.07) is 8.52. The van der Waals surface area contributed by atoms with Crippen LogP contribution in [0.5, 0.6) is 0 Å². The zero-order chi connectivity index (χ0) is 13.0. The minimum absolute atomic E-state index is 0.0498. The zero-order valence-electron chi connectivity index (χ0n) is 10.8. The van der Waals surface area contributed by atoms with Crippen molar-refractivity contribution in [3.63, 3.8) is 0 Å². The van der Waals surface area contributed by atoms with Crippen LogP contribution in [0.15, 0.2) is 24.3 Å². The van der Waals surface area contributed by atoms with Gasteiger partial charge in [0.2, 0.25) is 5.91 Å². The van der Waals surface area contributed by atoms with Crippen LogP contribution in [0.3, 0.4) is 0 Å². The van der Waals surface area contributed by atoms with Crippen LogP contribution in [0.4, 0.5) is 0 Å². The number of carbonyl (C=O) groups is 1. The van der Waals surface area contributed by atoms with Crippen LogP contribution in [0.25, 0.3) is 0 Å². The van der Waals surface area contributed by atoms with Crippen LogP contribution in [0.2, 0.25) is 0 Å². The SMILES string of the molecule is Cc1cccc(CC2(NC(=O)CCl)CCCC2)c1. The van der Waals surface area contributed by atoms with Gasteiger partial charge in [0, 0.05) is 5.54 Å². The molecule has 0 radical (unpaired) electrons. The lowest BCUT2D eigenvalue weighted by molar-refractivity contribution is -0.120. The second-order valence-electron chi connectivity index (χ2n) is 5.34. The van der Waals surface area contributed by atoms with Crippen molar-refractivity contribution in [3.05, 3.63) is 35.4 Å². The number of benzene rings is 1. The second kappa shape index (κ2) is 5.75. The maximum atomic E-state index is 11.6. The highest BCUT2D eigenvalue weighted by Crippen LogP contribution is 2.33. The molecule has 2 rings (SSSR count). The van der Waals surface area contributed by atoms with E-state index in [-0.39, 0.29) is 17.3 Å². The quantitative estimate of drug-likeness (QED) is 0.833.